The maximum atomic E-state index is 12.1. The maximum absolute atomic E-state index is 12.1. The molecule has 1 amide bonds. The van der Waals surface area contributed by atoms with E-state index in [9.17, 15) is 9.90 Å². The quantitative estimate of drug-likeness (QED) is 0.856. The van der Waals surface area contributed by atoms with Crippen LogP contribution in [0.15, 0.2) is 12.4 Å². The summed E-state index contributed by atoms with van der Waals surface area (Å²) < 4.78 is 1.88. The molecule has 2 N–H and O–H groups in total. The van der Waals surface area contributed by atoms with Gasteiger partial charge in [-0.2, -0.15) is 0 Å². The number of piperidine rings is 1. The number of aryl methyl sites for hydroxylation is 1. The summed E-state index contributed by atoms with van der Waals surface area (Å²) in [6, 6.07) is 0.394. The van der Waals surface area contributed by atoms with Crippen LogP contribution in [0.5, 0.6) is 0 Å². The number of aromatic nitrogens is 2. The fourth-order valence-corrected chi connectivity index (χ4v) is 3.85. The van der Waals surface area contributed by atoms with Crippen LogP contribution in [0.4, 0.5) is 0 Å². The Hall–Kier alpha value is -1.40. The molecule has 0 aromatic carbocycles. The zero-order valence-electron chi connectivity index (χ0n) is 13.9. The molecular formula is C17H28N4O2. The Balaban J connectivity index is 1.43. The van der Waals surface area contributed by atoms with E-state index < -0.39 is 6.10 Å². The summed E-state index contributed by atoms with van der Waals surface area (Å²) >= 11 is 0. The minimum atomic E-state index is -0.510. The average molecular weight is 320 g/mol. The van der Waals surface area contributed by atoms with Gasteiger partial charge in [-0.05, 0) is 44.7 Å². The van der Waals surface area contributed by atoms with Gasteiger partial charge in [0.25, 0.3) is 0 Å². The highest BCUT2D eigenvalue weighted by Crippen LogP contribution is 2.29. The van der Waals surface area contributed by atoms with Crippen molar-refractivity contribution >= 4 is 5.91 Å². The van der Waals surface area contributed by atoms with Gasteiger partial charge >= 0.3 is 0 Å². The van der Waals surface area contributed by atoms with Crippen molar-refractivity contribution in [2.45, 2.75) is 50.7 Å². The molecule has 1 aromatic rings. The number of nitrogens with one attached hydrogen (secondary N) is 1. The molecule has 1 aliphatic heterocycles. The second-order valence-corrected chi connectivity index (χ2v) is 7.00. The Morgan fingerprint density at radius 2 is 2.04 bits per heavy atom. The molecule has 6 nitrogen and oxygen atoms in total. The van der Waals surface area contributed by atoms with E-state index in [0.717, 1.165) is 44.6 Å². The number of likely N-dealkylation sites (tertiary alicyclic amines) is 1. The van der Waals surface area contributed by atoms with Gasteiger partial charge in [0.1, 0.15) is 11.9 Å². The molecule has 6 heteroatoms. The Labute approximate surface area is 137 Å². The minimum absolute atomic E-state index is 0.153. The van der Waals surface area contributed by atoms with Crippen molar-refractivity contribution in [3.05, 3.63) is 18.2 Å². The normalized spacial score (nSPS) is 22.3. The van der Waals surface area contributed by atoms with Crippen molar-refractivity contribution in [2.75, 3.05) is 19.6 Å². The van der Waals surface area contributed by atoms with Crippen molar-refractivity contribution < 1.29 is 9.90 Å². The van der Waals surface area contributed by atoms with E-state index in [4.69, 9.17) is 0 Å². The van der Waals surface area contributed by atoms with Gasteiger partial charge in [-0.1, -0.05) is 12.8 Å². The number of nitrogens with zero attached hydrogens (tertiary/aromatic N) is 3. The summed E-state index contributed by atoms with van der Waals surface area (Å²) in [5.74, 6) is 1.12. The molecule has 23 heavy (non-hydrogen) atoms. The van der Waals surface area contributed by atoms with E-state index >= 15 is 0 Å². The average Bonchev–Trinajstić information content (AvgIpc) is 3.19. The third-order valence-electron chi connectivity index (χ3n) is 5.29. The van der Waals surface area contributed by atoms with Gasteiger partial charge < -0.3 is 15.0 Å². The molecule has 2 aliphatic rings. The number of carbonyl (C=O) groups excluding carboxylic acids is 1. The molecular weight excluding hydrogens is 292 g/mol. The predicted octanol–water partition coefficient (Wildman–Crippen LogP) is 1.22. The molecule has 0 spiro atoms. The molecule has 1 unspecified atom stereocenters. The maximum Gasteiger partial charge on any atom is 0.234 e. The molecule has 1 atom stereocenters. The summed E-state index contributed by atoms with van der Waals surface area (Å²) in [5, 5.41) is 13.6. The van der Waals surface area contributed by atoms with Crippen LogP contribution in [0, 0.1) is 5.92 Å². The first kappa shape index (κ1) is 16.5. The Bertz CT molecular complexity index is 516. The van der Waals surface area contributed by atoms with Crippen LogP contribution in [-0.4, -0.2) is 51.1 Å². The van der Waals surface area contributed by atoms with Crippen LogP contribution in [0.25, 0.3) is 0 Å². The number of amides is 1. The highest BCUT2D eigenvalue weighted by Gasteiger charge is 2.29. The van der Waals surface area contributed by atoms with Gasteiger partial charge in [0.2, 0.25) is 5.91 Å². The lowest BCUT2D eigenvalue weighted by Crippen LogP contribution is -2.44. The molecule has 1 aromatic heterocycles. The van der Waals surface area contributed by atoms with Crippen LogP contribution in [0.3, 0.4) is 0 Å². The van der Waals surface area contributed by atoms with Gasteiger partial charge in [-0.25, -0.2) is 4.98 Å². The molecule has 1 saturated heterocycles. The van der Waals surface area contributed by atoms with Gasteiger partial charge in [-0.3, -0.25) is 9.69 Å². The van der Waals surface area contributed by atoms with Crippen molar-refractivity contribution in [1.82, 2.24) is 19.8 Å². The number of imidazole rings is 1. The van der Waals surface area contributed by atoms with Crippen LogP contribution >= 0.6 is 0 Å². The van der Waals surface area contributed by atoms with Crippen molar-refractivity contribution in [1.29, 1.82) is 0 Å². The SMILES string of the molecule is Cn1ccnc1C(O)C1CCN(CC(=O)NC2CCCC2)CC1. The molecule has 1 saturated carbocycles. The first-order chi connectivity index (χ1) is 11.1. The lowest BCUT2D eigenvalue weighted by Gasteiger charge is -2.33. The molecule has 0 radical (unpaired) electrons. The van der Waals surface area contributed by atoms with Gasteiger partial charge in [-0.15, -0.1) is 0 Å². The number of rotatable bonds is 5. The molecule has 2 fully saturated rings. The second-order valence-electron chi connectivity index (χ2n) is 7.00. The number of carbonyl (C=O) groups is 1. The fraction of sp³-hybridized carbons (Fsp3) is 0.765. The van der Waals surface area contributed by atoms with E-state index in [-0.39, 0.29) is 11.8 Å². The first-order valence-corrected chi connectivity index (χ1v) is 8.80. The number of aliphatic hydroxyl groups is 1. The Morgan fingerprint density at radius 1 is 1.35 bits per heavy atom. The molecule has 2 heterocycles. The second kappa shape index (κ2) is 7.45. The van der Waals surface area contributed by atoms with Crippen molar-refractivity contribution in [3.8, 4) is 0 Å². The minimum Gasteiger partial charge on any atom is -0.385 e. The first-order valence-electron chi connectivity index (χ1n) is 8.80. The van der Waals surface area contributed by atoms with Crippen molar-refractivity contribution in [2.24, 2.45) is 13.0 Å². The van der Waals surface area contributed by atoms with E-state index in [1.54, 1.807) is 6.20 Å². The van der Waals surface area contributed by atoms with Gasteiger partial charge in [0, 0.05) is 25.5 Å². The highest BCUT2D eigenvalue weighted by atomic mass is 16.3. The summed E-state index contributed by atoms with van der Waals surface area (Å²) in [5.41, 5.74) is 0. The van der Waals surface area contributed by atoms with E-state index in [0.29, 0.717) is 12.6 Å². The molecule has 1 aliphatic carbocycles. The van der Waals surface area contributed by atoms with Gasteiger partial charge in [0.05, 0.1) is 6.54 Å². The van der Waals surface area contributed by atoms with E-state index in [1.807, 2.05) is 17.8 Å². The molecule has 0 bridgehead atoms. The van der Waals surface area contributed by atoms with Crippen LogP contribution in [0.2, 0.25) is 0 Å². The van der Waals surface area contributed by atoms with Crippen LogP contribution in [-0.2, 0) is 11.8 Å². The topological polar surface area (TPSA) is 70.4 Å². The highest BCUT2D eigenvalue weighted by molar-refractivity contribution is 5.78. The molecule has 128 valence electrons. The van der Waals surface area contributed by atoms with E-state index in [1.165, 1.54) is 12.8 Å². The predicted molar refractivity (Wildman–Crippen MR) is 87.7 cm³/mol. The van der Waals surface area contributed by atoms with Crippen LogP contribution in [0.1, 0.15) is 50.5 Å². The largest absolute Gasteiger partial charge is 0.385 e. The summed E-state index contributed by atoms with van der Waals surface area (Å²) in [6.45, 7) is 2.22. The summed E-state index contributed by atoms with van der Waals surface area (Å²) in [4.78, 5) is 18.5. The standard InChI is InChI=1S/C17H28N4O2/c1-20-11-8-18-17(20)16(23)13-6-9-21(10-7-13)12-15(22)19-14-4-2-3-5-14/h8,11,13-14,16,23H,2-7,9-10,12H2,1H3,(H,19,22). The zero-order valence-corrected chi connectivity index (χ0v) is 13.9. The number of hydrogen-bond donors (Lipinski definition) is 2. The number of aliphatic hydroxyl groups excluding tert-OH is 1. The number of hydrogen-bond acceptors (Lipinski definition) is 4. The zero-order chi connectivity index (χ0) is 16.2. The Kier molecular flexibility index (Phi) is 5.33. The Morgan fingerprint density at radius 3 is 2.65 bits per heavy atom. The van der Waals surface area contributed by atoms with Crippen molar-refractivity contribution in [3.63, 3.8) is 0 Å². The smallest absolute Gasteiger partial charge is 0.234 e. The van der Waals surface area contributed by atoms with Crippen LogP contribution < -0.4 is 5.32 Å². The molecule has 3 rings (SSSR count). The third-order valence-corrected chi connectivity index (χ3v) is 5.29. The van der Waals surface area contributed by atoms with Gasteiger partial charge in [0.15, 0.2) is 0 Å². The lowest BCUT2D eigenvalue weighted by molar-refractivity contribution is -0.123. The fourth-order valence-electron chi connectivity index (χ4n) is 3.85. The summed E-state index contributed by atoms with van der Waals surface area (Å²) in [6.07, 6.45) is 9.62. The monoisotopic (exact) mass is 320 g/mol. The van der Waals surface area contributed by atoms with E-state index in [2.05, 4.69) is 15.2 Å². The summed E-state index contributed by atoms with van der Waals surface area (Å²) in [7, 11) is 1.91. The lowest BCUT2D eigenvalue weighted by atomic mass is 9.90. The third kappa shape index (κ3) is 4.12.